The predicted molar refractivity (Wildman–Crippen MR) is 79.4 cm³/mol. The van der Waals surface area contributed by atoms with Gasteiger partial charge in [0.2, 0.25) is 0 Å². The van der Waals surface area contributed by atoms with Gasteiger partial charge in [0.1, 0.15) is 17.2 Å². The molecule has 4 nitrogen and oxygen atoms in total. The first kappa shape index (κ1) is 15.9. The normalized spacial score (nSPS) is 13.3. The Morgan fingerprint density at radius 3 is 2.45 bits per heavy atom. The maximum absolute atomic E-state index is 13.0. The van der Waals surface area contributed by atoms with E-state index in [1.54, 1.807) is 6.07 Å². The van der Waals surface area contributed by atoms with Gasteiger partial charge in [0, 0.05) is 5.69 Å². The number of hydrogen-bond acceptors (Lipinski definition) is 2. The molecule has 0 saturated heterocycles. The Kier molecular flexibility index (Phi) is 4.72. The summed E-state index contributed by atoms with van der Waals surface area (Å²) in [5, 5.41) is 15.3. The third-order valence-corrected chi connectivity index (χ3v) is 3.14. The number of benzene rings is 2. The Labute approximate surface area is 126 Å². The van der Waals surface area contributed by atoms with Crippen molar-refractivity contribution >= 4 is 11.7 Å². The SMILES string of the molecule is CC(O)(CNC(=O)Nc1cccc(F)c1)c1ccc(F)cc1. The lowest BCUT2D eigenvalue weighted by atomic mass is 9.96. The molecule has 116 valence electrons. The molecule has 0 aliphatic rings. The molecular weight excluding hydrogens is 290 g/mol. The van der Waals surface area contributed by atoms with Crippen LogP contribution in [0.1, 0.15) is 12.5 Å². The lowest BCUT2D eigenvalue weighted by Gasteiger charge is -2.24. The molecule has 0 bridgehead atoms. The highest BCUT2D eigenvalue weighted by atomic mass is 19.1. The topological polar surface area (TPSA) is 61.4 Å². The van der Waals surface area contributed by atoms with Gasteiger partial charge >= 0.3 is 6.03 Å². The van der Waals surface area contributed by atoms with Crippen molar-refractivity contribution in [2.75, 3.05) is 11.9 Å². The summed E-state index contributed by atoms with van der Waals surface area (Å²) in [7, 11) is 0. The maximum atomic E-state index is 13.0. The van der Waals surface area contributed by atoms with Gasteiger partial charge in [-0.1, -0.05) is 18.2 Å². The Hall–Kier alpha value is -2.47. The van der Waals surface area contributed by atoms with Crippen LogP contribution in [0.25, 0.3) is 0 Å². The first-order valence-corrected chi connectivity index (χ1v) is 6.66. The Morgan fingerprint density at radius 2 is 1.82 bits per heavy atom. The van der Waals surface area contributed by atoms with Crippen molar-refractivity contribution in [3.05, 3.63) is 65.7 Å². The molecule has 2 amide bonds. The van der Waals surface area contributed by atoms with Gasteiger partial charge in [-0.2, -0.15) is 0 Å². The zero-order valence-corrected chi connectivity index (χ0v) is 11.9. The molecule has 0 aromatic heterocycles. The summed E-state index contributed by atoms with van der Waals surface area (Å²) < 4.78 is 25.9. The van der Waals surface area contributed by atoms with Crippen LogP contribution in [0.2, 0.25) is 0 Å². The smallest absolute Gasteiger partial charge is 0.319 e. The van der Waals surface area contributed by atoms with Crippen molar-refractivity contribution in [1.29, 1.82) is 0 Å². The number of nitrogens with one attached hydrogen (secondary N) is 2. The van der Waals surface area contributed by atoms with Crippen molar-refractivity contribution in [3.63, 3.8) is 0 Å². The van der Waals surface area contributed by atoms with Crippen molar-refractivity contribution < 1.29 is 18.7 Å². The van der Waals surface area contributed by atoms with E-state index in [1.807, 2.05) is 0 Å². The zero-order valence-electron chi connectivity index (χ0n) is 11.9. The van der Waals surface area contributed by atoms with Gasteiger partial charge in [0.25, 0.3) is 0 Å². The van der Waals surface area contributed by atoms with Crippen LogP contribution in [-0.4, -0.2) is 17.7 Å². The van der Waals surface area contributed by atoms with Crippen LogP contribution < -0.4 is 10.6 Å². The molecular formula is C16H16F2N2O2. The molecule has 2 rings (SSSR count). The van der Waals surface area contributed by atoms with E-state index in [0.29, 0.717) is 11.3 Å². The minimum Gasteiger partial charge on any atom is -0.384 e. The molecule has 0 aliphatic carbocycles. The van der Waals surface area contributed by atoms with E-state index in [4.69, 9.17) is 0 Å². The highest BCUT2D eigenvalue weighted by Gasteiger charge is 2.23. The van der Waals surface area contributed by atoms with Crippen LogP contribution in [0.15, 0.2) is 48.5 Å². The zero-order chi connectivity index (χ0) is 16.2. The summed E-state index contributed by atoms with van der Waals surface area (Å²) in [6, 6.07) is 10.2. The van der Waals surface area contributed by atoms with E-state index in [9.17, 15) is 18.7 Å². The van der Waals surface area contributed by atoms with Crippen molar-refractivity contribution in [2.24, 2.45) is 0 Å². The monoisotopic (exact) mass is 306 g/mol. The van der Waals surface area contributed by atoms with E-state index in [0.717, 1.165) is 0 Å². The number of aliphatic hydroxyl groups is 1. The summed E-state index contributed by atoms with van der Waals surface area (Å²) in [5.41, 5.74) is -0.577. The molecule has 0 radical (unpaired) electrons. The number of amides is 2. The predicted octanol–water partition coefficient (Wildman–Crippen LogP) is 2.99. The highest BCUT2D eigenvalue weighted by molar-refractivity contribution is 5.89. The van der Waals surface area contributed by atoms with Crippen LogP contribution in [0.3, 0.4) is 0 Å². The quantitative estimate of drug-likeness (QED) is 0.813. The van der Waals surface area contributed by atoms with E-state index >= 15 is 0 Å². The van der Waals surface area contributed by atoms with E-state index in [1.165, 1.54) is 49.4 Å². The Morgan fingerprint density at radius 1 is 1.14 bits per heavy atom. The van der Waals surface area contributed by atoms with Gasteiger partial charge in [-0.15, -0.1) is 0 Å². The summed E-state index contributed by atoms with van der Waals surface area (Å²) in [4.78, 5) is 11.7. The number of halogens is 2. The van der Waals surface area contributed by atoms with Crippen molar-refractivity contribution in [2.45, 2.75) is 12.5 Å². The van der Waals surface area contributed by atoms with Gasteiger partial charge in [-0.05, 0) is 42.8 Å². The molecule has 0 aliphatic heterocycles. The molecule has 2 aromatic rings. The second kappa shape index (κ2) is 6.53. The molecule has 3 N–H and O–H groups in total. The van der Waals surface area contributed by atoms with E-state index < -0.39 is 23.3 Å². The van der Waals surface area contributed by atoms with Crippen LogP contribution in [-0.2, 0) is 5.60 Å². The lowest BCUT2D eigenvalue weighted by molar-refractivity contribution is 0.0599. The fourth-order valence-corrected chi connectivity index (χ4v) is 1.90. The molecule has 1 atom stereocenters. The molecule has 0 fully saturated rings. The molecule has 1 unspecified atom stereocenters. The van der Waals surface area contributed by atoms with Crippen LogP contribution in [0, 0.1) is 11.6 Å². The van der Waals surface area contributed by atoms with Gasteiger partial charge in [0.15, 0.2) is 0 Å². The number of anilines is 1. The summed E-state index contributed by atoms with van der Waals surface area (Å²) in [5.74, 6) is -0.868. The maximum Gasteiger partial charge on any atom is 0.319 e. The Balaban J connectivity index is 1.93. The molecule has 22 heavy (non-hydrogen) atoms. The minimum atomic E-state index is -1.35. The number of hydrogen-bond donors (Lipinski definition) is 3. The van der Waals surface area contributed by atoms with Crippen LogP contribution in [0.4, 0.5) is 19.3 Å². The Bertz CT molecular complexity index is 657. The summed E-state index contributed by atoms with van der Waals surface area (Å²) >= 11 is 0. The van der Waals surface area contributed by atoms with Gasteiger partial charge < -0.3 is 15.7 Å². The number of carbonyl (C=O) groups excluding carboxylic acids is 1. The second-order valence-corrected chi connectivity index (χ2v) is 5.10. The third-order valence-electron chi connectivity index (χ3n) is 3.14. The number of rotatable bonds is 4. The number of carbonyl (C=O) groups is 1. The molecule has 0 saturated carbocycles. The van der Waals surface area contributed by atoms with Gasteiger partial charge in [-0.25, -0.2) is 13.6 Å². The average molecular weight is 306 g/mol. The average Bonchev–Trinajstić information content (AvgIpc) is 2.46. The fourth-order valence-electron chi connectivity index (χ4n) is 1.90. The molecule has 0 heterocycles. The third kappa shape index (κ3) is 4.26. The van der Waals surface area contributed by atoms with Crippen LogP contribution >= 0.6 is 0 Å². The number of urea groups is 1. The first-order valence-electron chi connectivity index (χ1n) is 6.66. The standard InChI is InChI=1S/C16H16F2N2O2/c1-16(22,11-5-7-12(17)8-6-11)10-19-15(21)20-14-4-2-3-13(18)9-14/h2-9,22H,10H2,1H3,(H2,19,20,21). The van der Waals surface area contributed by atoms with E-state index in [-0.39, 0.29) is 6.54 Å². The fraction of sp³-hybridized carbons (Fsp3) is 0.188. The van der Waals surface area contributed by atoms with Crippen LogP contribution in [0.5, 0.6) is 0 Å². The molecule has 0 spiro atoms. The van der Waals surface area contributed by atoms with Gasteiger partial charge in [0.05, 0.1) is 6.54 Å². The second-order valence-electron chi connectivity index (χ2n) is 5.10. The van der Waals surface area contributed by atoms with Gasteiger partial charge in [-0.3, -0.25) is 0 Å². The summed E-state index contributed by atoms with van der Waals surface area (Å²) in [6.45, 7) is 1.42. The largest absolute Gasteiger partial charge is 0.384 e. The molecule has 6 heteroatoms. The minimum absolute atomic E-state index is 0.0836. The lowest BCUT2D eigenvalue weighted by Crippen LogP contribution is -2.40. The first-order chi connectivity index (χ1) is 10.4. The summed E-state index contributed by atoms with van der Waals surface area (Å²) in [6.07, 6.45) is 0. The van der Waals surface area contributed by atoms with Crippen molar-refractivity contribution in [3.8, 4) is 0 Å². The molecule has 2 aromatic carbocycles. The highest BCUT2D eigenvalue weighted by Crippen LogP contribution is 2.20. The van der Waals surface area contributed by atoms with Crippen molar-refractivity contribution in [1.82, 2.24) is 5.32 Å². The van der Waals surface area contributed by atoms with E-state index in [2.05, 4.69) is 10.6 Å².